The van der Waals surface area contributed by atoms with Gasteiger partial charge in [-0.3, -0.25) is 18.9 Å². The third-order valence-corrected chi connectivity index (χ3v) is 9.20. The van der Waals surface area contributed by atoms with Crippen molar-refractivity contribution in [2.45, 2.75) is 55.8 Å². The summed E-state index contributed by atoms with van der Waals surface area (Å²) < 4.78 is 22.4. The molecule has 1 fully saturated rings. The van der Waals surface area contributed by atoms with Crippen molar-refractivity contribution >= 4 is 46.5 Å². The van der Waals surface area contributed by atoms with Crippen LogP contribution in [0.2, 0.25) is 0 Å². The lowest BCUT2D eigenvalue weighted by Crippen LogP contribution is -2.44. The zero-order valence-electron chi connectivity index (χ0n) is 24.0. The molecule has 8 atom stereocenters. The van der Waals surface area contributed by atoms with Crippen LogP contribution in [0.4, 0.5) is 5.95 Å². The highest BCUT2D eigenvalue weighted by molar-refractivity contribution is 7.46. The Kier molecular flexibility index (Phi) is 7.49. The first-order chi connectivity index (χ1) is 21.8. The minimum atomic E-state index is -4.89. The van der Waals surface area contributed by atoms with Gasteiger partial charge in [-0.2, -0.15) is 4.98 Å². The number of anilines is 1. The van der Waals surface area contributed by atoms with E-state index >= 15 is 0 Å². The minimum Gasteiger partial charge on any atom is -0.388 e. The maximum atomic E-state index is 13.1. The molecule has 16 nitrogen and oxygen atoms in total. The van der Waals surface area contributed by atoms with Crippen LogP contribution in [0.15, 0.2) is 53.6 Å². The fourth-order valence-electron chi connectivity index (χ4n) is 6.50. The number of phosphoric acid groups is 1. The van der Waals surface area contributed by atoms with Crippen LogP contribution >= 0.6 is 7.82 Å². The number of hydrogen-bond acceptors (Lipinski definition) is 12. The van der Waals surface area contributed by atoms with Crippen molar-refractivity contribution in [3.05, 3.63) is 75.8 Å². The van der Waals surface area contributed by atoms with Gasteiger partial charge in [0.15, 0.2) is 17.4 Å². The van der Waals surface area contributed by atoms with E-state index in [2.05, 4.69) is 24.8 Å². The van der Waals surface area contributed by atoms with E-state index in [4.69, 9.17) is 14.5 Å². The second-order valence-corrected chi connectivity index (χ2v) is 12.8. The number of nitrogens with one attached hydrogen (secondary N) is 2. The first-order valence-electron chi connectivity index (χ1n) is 14.3. The van der Waals surface area contributed by atoms with Gasteiger partial charge in [-0.25, -0.2) is 9.55 Å². The molecule has 3 aromatic carbocycles. The normalized spacial score (nSPS) is 28.3. The average Bonchev–Trinajstić information content (AvgIpc) is 3.57. The lowest BCUT2D eigenvalue weighted by atomic mass is 9.78. The van der Waals surface area contributed by atoms with Gasteiger partial charge in [-0.05, 0) is 45.2 Å². The van der Waals surface area contributed by atoms with E-state index in [1.165, 1.54) is 4.57 Å². The van der Waals surface area contributed by atoms with Crippen molar-refractivity contribution in [1.29, 1.82) is 0 Å². The Labute approximate surface area is 258 Å². The Morgan fingerprint density at radius 3 is 2.43 bits per heavy atom. The maximum absolute atomic E-state index is 13.1. The zero-order chi connectivity index (χ0) is 32.7. The third-order valence-electron chi connectivity index (χ3n) is 8.71. The smallest absolute Gasteiger partial charge is 0.388 e. The van der Waals surface area contributed by atoms with E-state index < -0.39 is 68.9 Å². The number of aryl methyl sites for hydroxylation is 1. The number of benzene rings is 3. The Balaban J connectivity index is 1.30. The molecule has 1 saturated heterocycles. The van der Waals surface area contributed by atoms with Crippen molar-refractivity contribution in [1.82, 2.24) is 19.5 Å². The highest BCUT2D eigenvalue weighted by Gasteiger charge is 2.46. The van der Waals surface area contributed by atoms with Gasteiger partial charge in [0.25, 0.3) is 5.56 Å². The quantitative estimate of drug-likeness (QED) is 0.0886. The monoisotopic (exact) mass is 655 g/mol. The average molecular weight is 656 g/mol. The summed E-state index contributed by atoms with van der Waals surface area (Å²) >= 11 is 0. The number of ether oxygens (including phenoxy) is 1. The SMILES string of the molecule is Cc1cc2c3c(ccc2c2ccccc12)[C@@H](O)[C@H](O)[C@H](O)[C@H]3Nc1nc2c(ncn2[C@@H]2O[C@H](COP(=O)(O)O)[C@@H](O)[C@H]2O)c(=O)[nH]1. The summed E-state index contributed by atoms with van der Waals surface area (Å²) in [6.07, 6.45) is -9.31. The Morgan fingerprint density at radius 1 is 0.978 bits per heavy atom. The Hall–Kier alpha value is -3.80. The van der Waals surface area contributed by atoms with Gasteiger partial charge >= 0.3 is 7.82 Å². The summed E-state index contributed by atoms with van der Waals surface area (Å²) in [5.74, 6) is -0.151. The number of aromatic nitrogens is 4. The highest BCUT2D eigenvalue weighted by atomic mass is 31.2. The van der Waals surface area contributed by atoms with E-state index in [1.54, 1.807) is 6.07 Å². The number of imidazole rings is 1. The van der Waals surface area contributed by atoms with E-state index in [0.29, 0.717) is 16.5 Å². The largest absolute Gasteiger partial charge is 0.469 e. The molecule has 0 radical (unpaired) electrons. The van der Waals surface area contributed by atoms with Crippen molar-refractivity contribution in [2.75, 3.05) is 11.9 Å². The van der Waals surface area contributed by atoms with Crippen molar-refractivity contribution in [3.63, 3.8) is 0 Å². The fourth-order valence-corrected chi connectivity index (χ4v) is 6.84. The Morgan fingerprint density at radius 2 is 1.70 bits per heavy atom. The van der Waals surface area contributed by atoms with Crippen LogP contribution in [0.3, 0.4) is 0 Å². The minimum absolute atomic E-state index is 0.0927. The molecule has 3 heterocycles. The number of fused-ring (bicyclic) bond motifs is 6. The number of hydrogen-bond donors (Lipinski definition) is 9. The third kappa shape index (κ3) is 5.00. The molecule has 2 aliphatic rings. The number of H-pyrrole nitrogens is 1. The van der Waals surface area contributed by atoms with Crippen LogP contribution < -0.4 is 10.9 Å². The second-order valence-electron chi connectivity index (χ2n) is 11.5. The summed E-state index contributed by atoms with van der Waals surface area (Å²) in [5, 5.41) is 60.7. The number of nitrogens with zero attached hydrogens (tertiary/aromatic N) is 3. The Bertz CT molecular complexity index is 2100. The van der Waals surface area contributed by atoms with Gasteiger partial charge < -0.3 is 45.4 Å². The van der Waals surface area contributed by atoms with Gasteiger partial charge in [0.1, 0.15) is 36.6 Å². The number of phosphoric ester groups is 1. The molecule has 9 N–H and O–H groups in total. The van der Waals surface area contributed by atoms with Crippen LogP contribution in [-0.2, 0) is 13.8 Å². The number of aromatic amines is 1. The van der Waals surface area contributed by atoms with Crippen LogP contribution in [0.25, 0.3) is 32.7 Å². The molecule has 0 unspecified atom stereocenters. The molecule has 17 heteroatoms. The molecule has 0 saturated carbocycles. The predicted molar refractivity (Wildman–Crippen MR) is 162 cm³/mol. The van der Waals surface area contributed by atoms with E-state index in [9.17, 15) is 34.9 Å². The highest BCUT2D eigenvalue weighted by Crippen LogP contribution is 2.44. The predicted octanol–water partition coefficient (Wildman–Crippen LogP) is 0.385. The molecule has 0 amide bonds. The van der Waals surface area contributed by atoms with Gasteiger partial charge in [-0.1, -0.05) is 42.5 Å². The van der Waals surface area contributed by atoms with Gasteiger partial charge in [-0.15, -0.1) is 0 Å². The van der Waals surface area contributed by atoms with Crippen LogP contribution in [0.5, 0.6) is 0 Å². The van der Waals surface area contributed by atoms with Gasteiger partial charge in [0.2, 0.25) is 5.95 Å². The number of rotatable bonds is 6. The molecule has 0 spiro atoms. The van der Waals surface area contributed by atoms with Crippen LogP contribution in [0.1, 0.15) is 35.1 Å². The number of aliphatic hydroxyl groups is 5. The first kappa shape index (κ1) is 30.8. The molecule has 242 valence electrons. The maximum Gasteiger partial charge on any atom is 0.469 e. The second kappa shape index (κ2) is 11.2. The van der Waals surface area contributed by atoms with Crippen molar-refractivity contribution in [2.24, 2.45) is 0 Å². The molecule has 0 bridgehead atoms. The zero-order valence-corrected chi connectivity index (χ0v) is 24.9. The molecule has 46 heavy (non-hydrogen) atoms. The van der Waals surface area contributed by atoms with Crippen molar-refractivity contribution < 1.29 is 49.1 Å². The molecule has 5 aromatic rings. The summed E-state index contributed by atoms with van der Waals surface area (Å²) in [6.45, 7) is 1.21. The molecular weight excluding hydrogens is 625 g/mol. The van der Waals surface area contributed by atoms with Gasteiger partial charge in [0, 0.05) is 0 Å². The summed E-state index contributed by atoms with van der Waals surface area (Å²) in [6, 6.07) is 12.2. The number of aliphatic hydroxyl groups excluding tert-OH is 5. The van der Waals surface area contributed by atoms with Crippen LogP contribution in [-0.4, -0.2) is 92.0 Å². The molecular formula is C29H30N5O11P. The standard InChI is InChI=1S/C29H30N5O11P/c1-11-8-16-14(13-5-3-2-4-12(11)13)6-7-15-18(16)19(23(37)24(38)21(15)35)31-29-32-26-20(27(40)33-29)30-10-34(26)28-25(39)22(36)17(45-28)9-44-46(41,42)43/h2-8,10,17,19,21-25,28,35-39H,9H2,1H3,(H2,41,42,43)(H2,31,32,33,40)/t17-,19+,21-,22-,23-,24+,25-,28-/m1/s1. The molecule has 1 aliphatic carbocycles. The lowest BCUT2D eigenvalue weighted by Gasteiger charge is -2.38. The van der Waals surface area contributed by atoms with Crippen LogP contribution in [0, 0.1) is 6.92 Å². The first-order valence-corrected chi connectivity index (χ1v) is 15.8. The van der Waals surface area contributed by atoms with Crippen molar-refractivity contribution in [3.8, 4) is 0 Å². The molecule has 7 rings (SSSR count). The lowest BCUT2D eigenvalue weighted by molar-refractivity contribution is -0.0767. The van der Waals surface area contributed by atoms with E-state index in [-0.39, 0.29) is 17.1 Å². The molecule has 2 aromatic heterocycles. The molecule has 1 aliphatic heterocycles. The van der Waals surface area contributed by atoms with E-state index in [1.807, 2.05) is 43.3 Å². The van der Waals surface area contributed by atoms with E-state index in [0.717, 1.165) is 28.0 Å². The summed E-state index contributed by atoms with van der Waals surface area (Å²) in [7, 11) is -4.89. The summed E-state index contributed by atoms with van der Waals surface area (Å²) in [4.78, 5) is 42.2. The summed E-state index contributed by atoms with van der Waals surface area (Å²) in [5.41, 5.74) is 0.878. The van der Waals surface area contributed by atoms with Gasteiger partial charge in [0.05, 0.1) is 19.0 Å². The topological polar surface area (TPSA) is 253 Å². The fraction of sp³-hybridized carbons (Fsp3) is 0.345.